The molecule has 1 fully saturated rings. The van der Waals surface area contributed by atoms with Gasteiger partial charge in [0.15, 0.2) is 5.82 Å². The van der Waals surface area contributed by atoms with Crippen LogP contribution in [0.4, 0.5) is 17.5 Å². The van der Waals surface area contributed by atoms with Gasteiger partial charge in [0.2, 0.25) is 11.6 Å². The lowest BCUT2D eigenvalue weighted by Crippen LogP contribution is -2.23. The number of nitrogens with one attached hydrogen (secondary N) is 1. The Morgan fingerprint density at radius 2 is 2.06 bits per heavy atom. The summed E-state index contributed by atoms with van der Waals surface area (Å²) in [6, 6.07) is 0.304. The summed E-state index contributed by atoms with van der Waals surface area (Å²) in [4.78, 5) is 18.7. The average Bonchev–Trinajstić information content (AvgIpc) is 2.39. The molecule has 1 aliphatic carbocycles. The highest BCUT2D eigenvalue weighted by atomic mass is 16.5. The smallest absolute Gasteiger partial charge is 0.250 e. The van der Waals surface area contributed by atoms with Gasteiger partial charge in [0, 0.05) is 6.04 Å². The highest BCUT2D eigenvalue weighted by Crippen LogP contribution is 2.34. The summed E-state index contributed by atoms with van der Waals surface area (Å²) in [6.07, 6.45) is 5.74. The van der Waals surface area contributed by atoms with Crippen molar-refractivity contribution in [2.24, 2.45) is 5.18 Å². The van der Waals surface area contributed by atoms with E-state index in [1.807, 2.05) is 0 Å². The maximum absolute atomic E-state index is 10.9. The molecule has 0 unspecified atom stereocenters. The van der Waals surface area contributed by atoms with Crippen molar-refractivity contribution in [2.45, 2.75) is 38.1 Å². The summed E-state index contributed by atoms with van der Waals surface area (Å²) in [5.41, 5.74) is 5.66. The Bertz CT molecular complexity index is 432. The predicted octanol–water partition coefficient (Wildman–Crippen LogP) is 2.21. The number of methoxy groups -OCH3 is 1. The summed E-state index contributed by atoms with van der Waals surface area (Å²) in [6.45, 7) is 0. The van der Waals surface area contributed by atoms with Crippen molar-refractivity contribution in [1.82, 2.24) is 9.97 Å². The molecule has 0 saturated heterocycles. The number of nitrogens with zero attached hydrogens (tertiary/aromatic N) is 3. The number of rotatable bonds is 4. The molecule has 0 aromatic carbocycles. The monoisotopic (exact) mass is 251 g/mol. The fourth-order valence-electron chi connectivity index (χ4n) is 2.22. The van der Waals surface area contributed by atoms with E-state index in [-0.39, 0.29) is 17.5 Å². The van der Waals surface area contributed by atoms with Crippen molar-refractivity contribution in [3.8, 4) is 5.88 Å². The van der Waals surface area contributed by atoms with Gasteiger partial charge in [-0.05, 0) is 18.0 Å². The van der Waals surface area contributed by atoms with Gasteiger partial charge in [0.1, 0.15) is 0 Å². The van der Waals surface area contributed by atoms with Crippen LogP contribution in [0.3, 0.4) is 0 Å². The maximum atomic E-state index is 10.9. The fraction of sp³-hybridized carbons (Fsp3) is 0.636. The second-order valence-electron chi connectivity index (χ2n) is 4.36. The van der Waals surface area contributed by atoms with E-state index >= 15 is 0 Å². The third-order valence-electron chi connectivity index (χ3n) is 3.10. The minimum absolute atomic E-state index is 0.0672. The Kier molecular flexibility index (Phi) is 3.91. The van der Waals surface area contributed by atoms with Gasteiger partial charge in [-0.3, -0.25) is 0 Å². The van der Waals surface area contributed by atoms with Crippen molar-refractivity contribution in [1.29, 1.82) is 0 Å². The molecule has 1 aromatic rings. The van der Waals surface area contributed by atoms with Crippen LogP contribution in [-0.4, -0.2) is 23.1 Å². The van der Waals surface area contributed by atoms with Crippen LogP contribution in [0.25, 0.3) is 0 Å². The SMILES string of the molecule is COc1nc(N)nc(NC2CCCCC2)c1N=O. The largest absolute Gasteiger partial charge is 0.479 e. The van der Waals surface area contributed by atoms with Crippen molar-refractivity contribution in [3.05, 3.63) is 4.91 Å². The molecular weight excluding hydrogens is 234 g/mol. The minimum atomic E-state index is 0.0672. The highest BCUT2D eigenvalue weighted by Gasteiger charge is 2.19. The minimum Gasteiger partial charge on any atom is -0.479 e. The first-order valence-electron chi connectivity index (χ1n) is 6.06. The number of anilines is 2. The lowest BCUT2D eigenvalue weighted by molar-refractivity contribution is 0.399. The van der Waals surface area contributed by atoms with Crippen LogP contribution in [0.1, 0.15) is 32.1 Å². The van der Waals surface area contributed by atoms with E-state index in [2.05, 4.69) is 20.5 Å². The van der Waals surface area contributed by atoms with Crippen molar-refractivity contribution in [3.63, 3.8) is 0 Å². The molecule has 0 bridgehead atoms. The van der Waals surface area contributed by atoms with Gasteiger partial charge in [-0.2, -0.15) is 9.97 Å². The highest BCUT2D eigenvalue weighted by molar-refractivity contribution is 5.68. The number of nitrogens with two attached hydrogens (primary N) is 1. The Balaban J connectivity index is 2.24. The molecule has 1 heterocycles. The third-order valence-corrected chi connectivity index (χ3v) is 3.10. The third kappa shape index (κ3) is 2.66. The second-order valence-corrected chi connectivity index (χ2v) is 4.36. The van der Waals surface area contributed by atoms with Crippen molar-refractivity contribution < 1.29 is 4.74 Å². The summed E-state index contributed by atoms with van der Waals surface area (Å²) in [5.74, 6) is 0.537. The summed E-state index contributed by atoms with van der Waals surface area (Å²) >= 11 is 0. The number of nitroso groups, excluding NO2 is 1. The zero-order chi connectivity index (χ0) is 13.0. The van der Waals surface area contributed by atoms with Gasteiger partial charge in [0.25, 0.3) is 5.88 Å². The fourth-order valence-corrected chi connectivity index (χ4v) is 2.22. The normalized spacial score (nSPS) is 16.3. The van der Waals surface area contributed by atoms with E-state index in [0.717, 1.165) is 12.8 Å². The Labute approximate surface area is 105 Å². The molecular formula is C11H17N5O2. The lowest BCUT2D eigenvalue weighted by atomic mass is 9.95. The van der Waals surface area contributed by atoms with Crippen LogP contribution in [0.2, 0.25) is 0 Å². The molecule has 2 rings (SSSR count). The van der Waals surface area contributed by atoms with Crippen LogP contribution in [0.15, 0.2) is 5.18 Å². The lowest BCUT2D eigenvalue weighted by Gasteiger charge is -2.23. The van der Waals surface area contributed by atoms with E-state index < -0.39 is 0 Å². The molecule has 1 saturated carbocycles. The molecule has 0 aliphatic heterocycles. The number of nitrogen functional groups attached to an aromatic ring is 1. The first-order valence-corrected chi connectivity index (χ1v) is 6.06. The Morgan fingerprint density at radius 1 is 1.33 bits per heavy atom. The maximum Gasteiger partial charge on any atom is 0.250 e. The van der Waals surface area contributed by atoms with Crippen molar-refractivity contribution in [2.75, 3.05) is 18.2 Å². The van der Waals surface area contributed by atoms with Gasteiger partial charge in [-0.15, -0.1) is 4.91 Å². The molecule has 0 amide bonds. The number of hydrogen-bond donors (Lipinski definition) is 2. The Hall–Kier alpha value is -1.92. The average molecular weight is 251 g/mol. The molecule has 7 nitrogen and oxygen atoms in total. The van der Waals surface area contributed by atoms with E-state index in [1.165, 1.54) is 26.4 Å². The summed E-state index contributed by atoms with van der Waals surface area (Å²) < 4.78 is 4.98. The second kappa shape index (κ2) is 5.61. The molecule has 0 atom stereocenters. The van der Waals surface area contributed by atoms with Crippen LogP contribution < -0.4 is 15.8 Å². The molecule has 3 N–H and O–H groups in total. The number of ether oxygens (including phenoxy) is 1. The molecule has 0 radical (unpaired) electrons. The summed E-state index contributed by atoms with van der Waals surface area (Å²) in [5, 5.41) is 6.14. The quantitative estimate of drug-likeness (QED) is 0.795. The van der Waals surface area contributed by atoms with E-state index in [1.54, 1.807) is 0 Å². The predicted molar refractivity (Wildman–Crippen MR) is 68.9 cm³/mol. The number of hydrogen-bond acceptors (Lipinski definition) is 7. The molecule has 18 heavy (non-hydrogen) atoms. The van der Waals surface area contributed by atoms with Gasteiger partial charge in [-0.25, -0.2) is 0 Å². The van der Waals surface area contributed by atoms with Crippen LogP contribution in [0.5, 0.6) is 5.88 Å². The van der Waals surface area contributed by atoms with Crippen LogP contribution in [-0.2, 0) is 0 Å². The molecule has 7 heteroatoms. The first kappa shape index (κ1) is 12.5. The number of aromatic nitrogens is 2. The van der Waals surface area contributed by atoms with E-state index in [9.17, 15) is 4.91 Å². The molecule has 0 spiro atoms. The summed E-state index contributed by atoms with van der Waals surface area (Å²) in [7, 11) is 1.42. The first-order chi connectivity index (χ1) is 8.74. The van der Waals surface area contributed by atoms with E-state index in [4.69, 9.17) is 10.5 Å². The van der Waals surface area contributed by atoms with Gasteiger partial charge in [0.05, 0.1) is 7.11 Å². The Morgan fingerprint density at radius 3 is 2.67 bits per heavy atom. The van der Waals surface area contributed by atoms with Crippen LogP contribution >= 0.6 is 0 Å². The molecule has 1 aliphatic rings. The van der Waals surface area contributed by atoms with Crippen molar-refractivity contribution >= 4 is 17.5 Å². The zero-order valence-corrected chi connectivity index (χ0v) is 10.3. The van der Waals surface area contributed by atoms with Gasteiger partial charge < -0.3 is 15.8 Å². The van der Waals surface area contributed by atoms with E-state index in [0.29, 0.717) is 11.9 Å². The van der Waals surface area contributed by atoms with Gasteiger partial charge in [-0.1, -0.05) is 19.3 Å². The zero-order valence-electron chi connectivity index (χ0n) is 10.3. The molecule has 98 valence electrons. The topological polar surface area (TPSA) is 102 Å². The van der Waals surface area contributed by atoms with Crippen LogP contribution in [0, 0.1) is 4.91 Å². The standard InChI is InChI=1S/C11H17N5O2/c1-18-10-8(16-17)9(14-11(12)15-10)13-7-5-3-2-4-6-7/h7H,2-6H2,1H3,(H3,12,13,14,15). The molecule has 1 aromatic heterocycles. The van der Waals surface area contributed by atoms with Gasteiger partial charge >= 0.3 is 0 Å².